The number of nitrogens with zero attached hydrogens (tertiary/aromatic N) is 1. The number of hydrogen-bond acceptors (Lipinski definition) is 2. The Labute approximate surface area is 118 Å². The number of Topliss-reactive ketones (excluding diaryl/α,β-unsaturated/α-hetero) is 1. The molecule has 0 saturated heterocycles. The molecule has 1 aromatic rings. The Morgan fingerprint density at radius 1 is 1.30 bits per heavy atom. The van der Waals surface area contributed by atoms with Gasteiger partial charge in [-0.05, 0) is 51.1 Å². The zero-order valence-electron chi connectivity index (χ0n) is 12.2. The normalized spacial score (nSPS) is 26.8. The third kappa shape index (κ3) is 2.62. The van der Waals surface area contributed by atoms with Crippen molar-refractivity contribution in [3.8, 4) is 0 Å². The molecule has 0 aromatic heterocycles. The van der Waals surface area contributed by atoms with Crippen LogP contribution in [-0.4, -0.2) is 30.3 Å². The molecular weight excluding hydrogens is 260 g/mol. The standard InChI is InChI=1S/C16H21F2NO/c1-11-5-4-8-16(10-11,19(2)3)15(20)12-6-7-13(17)14(18)9-12/h6-7,9,11H,4-5,8,10H2,1-3H3. The molecule has 1 fully saturated rings. The van der Waals surface area contributed by atoms with E-state index in [0.29, 0.717) is 5.92 Å². The van der Waals surface area contributed by atoms with Gasteiger partial charge in [0.1, 0.15) is 0 Å². The molecule has 4 heteroatoms. The molecule has 20 heavy (non-hydrogen) atoms. The van der Waals surface area contributed by atoms with Crippen molar-refractivity contribution in [2.75, 3.05) is 14.1 Å². The first-order valence-corrected chi connectivity index (χ1v) is 7.04. The van der Waals surface area contributed by atoms with E-state index in [-0.39, 0.29) is 11.3 Å². The highest BCUT2D eigenvalue weighted by atomic mass is 19.2. The Hall–Kier alpha value is -1.29. The summed E-state index contributed by atoms with van der Waals surface area (Å²) in [6.45, 7) is 2.13. The van der Waals surface area contributed by atoms with Gasteiger partial charge in [0.25, 0.3) is 0 Å². The summed E-state index contributed by atoms with van der Waals surface area (Å²) in [5.41, 5.74) is -0.339. The maximum absolute atomic E-state index is 13.4. The van der Waals surface area contributed by atoms with Crippen LogP contribution in [0.2, 0.25) is 0 Å². The average molecular weight is 281 g/mol. The monoisotopic (exact) mass is 281 g/mol. The van der Waals surface area contributed by atoms with Crippen LogP contribution in [0.3, 0.4) is 0 Å². The van der Waals surface area contributed by atoms with E-state index in [1.807, 2.05) is 19.0 Å². The van der Waals surface area contributed by atoms with E-state index in [2.05, 4.69) is 6.92 Å². The number of halogens is 2. The summed E-state index contributed by atoms with van der Waals surface area (Å²) in [7, 11) is 3.77. The summed E-state index contributed by atoms with van der Waals surface area (Å²) in [4.78, 5) is 14.8. The Morgan fingerprint density at radius 3 is 2.55 bits per heavy atom. The van der Waals surface area contributed by atoms with Crippen molar-refractivity contribution in [1.82, 2.24) is 4.90 Å². The third-order valence-corrected chi connectivity index (χ3v) is 4.43. The summed E-state index contributed by atoms with van der Waals surface area (Å²) in [5, 5.41) is 0. The summed E-state index contributed by atoms with van der Waals surface area (Å²) in [6, 6.07) is 3.42. The fraction of sp³-hybridized carbons (Fsp3) is 0.562. The van der Waals surface area contributed by atoms with Gasteiger partial charge in [0.2, 0.25) is 0 Å². The van der Waals surface area contributed by atoms with Gasteiger partial charge < -0.3 is 0 Å². The Morgan fingerprint density at radius 2 is 2.00 bits per heavy atom. The number of benzene rings is 1. The van der Waals surface area contributed by atoms with E-state index in [9.17, 15) is 13.6 Å². The molecule has 2 atom stereocenters. The van der Waals surface area contributed by atoms with Crippen molar-refractivity contribution in [1.29, 1.82) is 0 Å². The van der Waals surface area contributed by atoms with Crippen LogP contribution in [0.5, 0.6) is 0 Å². The number of hydrogen-bond donors (Lipinski definition) is 0. The summed E-state index contributed by atoms with van der Waals surface area (Å²) in [5.74, 6) is -1.53. The topological polar surface area (TPSA) is 20.3 Å². The quantitative estimate of drug-likeness (QED) is 0.788. The molecule has 2 nitrogen and oxygen atoms in total. The molecule has 2 rings (SSSR count). The van der Waals surface area contributed by atoms with Crippen LogP contribution in [-0.2, 0) is 0 Å². The first-order valence-electron chi connectivity index (χ1n) is 7.04. The molecule has 1 aromatic carbocycles. The van der Waals surface area contributed by atoms with Crippen LogP contribution < -0.4 is 0 Å². The molecule has 0 spiro atoms. The second-order valence-electron chi connectivity index (χ2n) is 6.09. The summed E-state index contributed by atoms with van der Waals surface area (Å²) < 4.78 is 26.4. The SMILES string of the molecule is CC1CCCC(C(=O)c2ccc(F)c(F)c2)(N(C)C)C1. The minimum atomic E-state index is -0.964. The van der Waals surface area contributed by atoms with Crippen molar-refractivity contribution in [2.24, 2.45) is 5.92 Å². The number of ketones is 1. The maximum Gasteiger partial charge on any atom is 0.183 e. The van der Waals surface area contributed by atoms with Gasteiger partial charge in [-0.1, -0.05) is 19.8 Å². The number of carbonyl (C=O) groups excluding carboxylic acids is 1. The van der Waals surface area contributed by atoms with Crippen molar-refractivity contribution < 1.29 is 13.6 Å². The summed E-state index contributed by atoms with van der Waals surface area (Å²) >= 11 is 0. The fourth-order valence-electron chi connectivity index (χ4n) is 3.25. The van der Waals surface area contributed by atoms with Crippen LogP contribution in [0.1, 0.15) is 43.0 Å². The van der Waals surface area contributed by atoms with E-state index in [1.165, 1.54) is 6.07 Å². The highest BCUT2D eigenvalue weighted by Gasteiger charge is 2.43. The second kappa shape index (κ2) is 5.60. The average Bonchev–Trinajstić information content (AvgIpc) is 2.40. The molecule has 1 saturated carbocycles. The van der Waals surface area contributed by atoms with Crippen LogP contribution in [0.4, 0.5) is 8.78 Å². The van der Waals surface area contributed by atoms with Crippen molar-refractivity contribution in [3.63, 3.8) is 0 Å². The summed E-state index contributed by atoms with van der Waals surface area (Å²) in [6.07, 6.45) is 3.62. The smallest absolute Gasteiger partial charge is 0.183 e. The van der Waals surface area contributed by atoms with E-state index < -0.39 is 17.2 Å². The van der Waals surface area contributed by atoms with Gasteiger partial charge in [0.15, 0.2) is 17.4 Å². The van der Waals surface area contributed by atoms with Gasteiger partial charge in [-0.3, -0.25) is 9.69 Å². The molecule has 0 amide bonds. The van der Waals surface area contributed by atoms with E-state index in [1.54, 1.807) is 0 Å². The lowest BCUT2D eigenvalue weighted by Crippen LogP contribution is -2.53. The lowest BCUT2D eigenvalue weighted by Gasteiger charge is -2.43. The molecule has 0 bridgehead atoms. The first kappa shape index (κ1) is 15.1. The zero-order chi connectivity index (χ0) is 14.9. The van der Waals surface area contributed by atoms with Crippen LogP contribution in [0, 0.1) is 17.6 Å². The number of rotatable bonds is 3. The first-order chi connectivity index (χ1) is 9.36. The van der Waals surface area contributed by atoms with Gasteiger partial charge in [-0.25, -0.2) is 8.78 Å². The minimum Gasteiger partial charge on any atom is -0.297 e. The highest BCUT2D eigenvalue weighted by molar-refractivity contribution is 6.03. The third-order valence-electron chi connectivity index (χ3n) is 4.43. The van der Waals surface area contributed by atoms with E-state index in [0.717, 1.165) is 37.8 Å². The molecule has 1 aliphatic rings. The molecule has 0 aliphatic heterocycles. The van der Waals surface area contributed by atoms with E-state index >= 15 is 0 Å². The predicted molar refractivity (Wildman–Crippen MR) is 74.7 cm³/mol. The van der Waals surface area contributed by atoms with Crippen LogP contribution in [0.15, 0.2) is 18.2 Å². The fourth-order valence-corrected chi connectivity index (χ4v) is 3.25. The number of likely N-dealkylation sites (N-methyl/N-ethyl adjacent to an activating group) is 1. The maximum atomic E-state index is 13.4. The predicted octanol–water partition coefficient (Wildman–Crippen LogP) is 3.66. The van der Waals surface area contributed by atoms with Crippen LogP contribution >= 0.6 is 0 Å². The Kier molecular flexibility index (Phi) is 4.23. The zero-order valence-corrected chi connectivity index (χ0v) is 12.2. The van der Waals surface area contributed by atoms with Gasteiger partial charge in [0, 0.05) is 5.56 Å². The molecule has 110 valence electrons. The van der Waals surface area contributed by atoms with Gasteiger partial charge >= 0.3 is 0 Å². The number of carbonyl (C=O) groups is 1. The second-order valence-corrected chi connectivity index (χ2v) is 6.09. The highest BCUT2D eigenvalue weighted by Crippen LogP contribution is 2.38. The van der Waals surface area contributed by atoms with Gasteiger partial charge in [-0.15, -0.1) is 0 Å². The van der Waals surface area contributed by atoms with Gasteiger partial charge in [-0.2, -0.15) is 0 Å². The lowest BCUT2D eigenvalue weighted by atomic mass is 9.71. The van der Waals surface area contributed by atoms with E-state index in [4.69, 9.17) is 0 Å². The molecule has 2 unspecified atom stereocenters. The Bertz CT molecular complexity index is 515. The van der Waals surface area contributed by atoms with Crippen molar-refractivity contribution >= 4 is 5.78 Å². The molecule has 0 radical (unpaired) electrons. The molecule has 1 aliphatic carbocycles. The molecule has 0 heterocycles. The Balaban J connectivity index is 2.38. The molecular formula is C16H21F2NO. The lowest BCUT2D eigenvalue weighted by molar-refractivity contribution is 0.0486. The van der Waals surface area contributed by atoms with Gasteiger partial charge in [0.05, 0.1) is 5.54 Å². The minimum absolute atomic E-state index is 0.104. The largest absolute Gasteiger partial charge is 0.297 e. The van der Waals surface area contributed by atoms with Crippen molar-refractivity contribution in [3.05, 3.63) is 35.4 Å². The van der Waals surface area contributed by atoms with Crippen LogP contribution in [0.25, 0.3) is 0 Å². The molecule has 0 N–H and O–H groups in total. The van der Waals surface area contributed by atoms with Crippen molar-refractivity contribution in [2.45, 2.75) is 38.1 Å².